The molecule has 4 nitrogen and oxygen atoms in total. The summed E-state index contributed by atoms with van der Waals surface area (Å²) in [5.41, 5.74) is 6.12. The number of rotatable bonds is 6. The van der Waals surface area contributed by atoms with Crippen molar-refractivity contribution in [3.63, 3.8) is 0 Å². The summed E-state index contributed by atoms with van der Waals surface area (Å²) in [6.07, 6.45) is 4.23. The summed E-state index contributed by atoms with van der Waals surface area (Å²) in [6, 6.07) is 1.86. The van der Waals surface area contributed by atoms with E-state index in [0.717, 1.165) is 30.9 Å². The van der Waals surface area contributed by atoms with Crippen molar-refractivity contribution < 1.29 is 9.47 Å². The lowest BCUT2D eigenvalue weighted by Gasteiger charge is -2.05. The lowest BCUT2D eigenvalue weighted by Crippen LogP contribution is -2.03. The van der Waals surface area contributed by atoms with E-state index in [4.69, 9.17) is 15.2 Å². The van der Waals surface area contributed by atoms with Crippen LogP contribution in [0.15, 0.2) is 18.5 Å². The largest absolute Gasteiger partial charge is 0.492 e. The van der Waals surface area contributed by atoms with Gasteiger partial charge in [-0.2, -0.15) is 0 Å². The molecule has 0 amide bonds. The molecule has 0 saturated carbocycles. The van der Waals surface area contributed by atoms with Crippen LogP contribution in [0.5, 0.6) is 5.75 Å². The maximum Gasteiger partial charge on any atom is 0.138 e. The maximum absolute atomic E-state index is 5.53. The van der Waals surface area contributed by atoms with Crippen molar-refractivity contribution in [3.05, 3.63) is 24.0 Å². The Labute approximate surface area is 102 Å². The van der Waals surface area contributed by atoms with Gasteiger partial charge < -0.3 is 15.2 Å². The quantitative estimate of drug-likeness (QED) is 0.593. The van der Waals surface area contributed by atoms with Gasteiger partial charge in [0.15, 0.2) is 0 Å². The molecule has 1 rings (SSSR count). The van der Waals surface area contributed by atoms with Gasteiger partial charge in [-0.25, -0.2) is 0 Å². The zero-order valence-corrected chi connectivity index (χ0v) is 10.1. The molecule has 0 aromatic carbocycles. The highest BCUT2D eigenvalue weighted by molar-refractivity contribution is 5.36. The summed E-state index contributed by atoms with van der Waals surface area (Å²) >= 11 is 0. The van der Waals surface area contributed by atoms with Crippen LogP contribution in [-0.2, 0) is 4.74 Å². The molecule has 2 N–H and O–H groups in total. The minimum absolute atomic E-state index is 0.347. The van der Waals surface area contributed by atoms with Crippen LogP contribution in [0.3, 0.4) is 0 Å². The van der Waals surface area contributed by atoms with E-state index in [1.54, 1.807) is 12.4 Å². The summed E-state index contributed by atoms with van der Waals surface area (Å²) in [5, 5.41) is 0. The first-order valence-corrected chi connectivity index (χ1v) is 5.71. The predicted molar refractivity (Wildman–Crippen MR) is 66.8 cm³/mol. The summed E-state index contributed by atoms with van der Waals surface area (Å²) in [4.78, 5) is 4.05. The van der Waals surface area contributed by atoms with E-state index in [2.05, 4.69) is 16.8 Å². The van der Waals surface area contributed by atoms with Gasteiger partial charge in [0.05, 0.1) is 19.3 Å². The Morgan fingerprint density at radius 1 is 1.35 bits per heavy atom. The molecule has 0 aliphatic rings. The number of hydrogen-bond acceptors (Lipinski definition) is 4. The number of pyridine rings is 1. The average molecular weight is 234 g/mol. The second-order valence-electron chi connectivity index (χ2n) is 3.31. The lowest BCUT2D eigenvalue weighted by molar-refractivity contribution is 0.131. The van der Waals surface area contributed by atoms with Crippen LogP contribution in [0.25, 0.3) is 0 Å². The molecular weight excluding hydrogens is 216 g/mol. The van der Waals surface area contributed by atoms with Gasteiger partial charge >= 0.3 is 0 Å². The standard InChI is InChI=1S/C13H18N2O2/c1-2-16-7-4-8-17-13-9-12(5-3-6-14)10-15-11-13/h9-11H,2,4,6-8,14H2,1H3. The minimum atomic E-state index is 0.347. The molecule has 17 heavy (non-hydrogen) atoms. The third-order valence-corrected chi connectivity index (χ3v) is 1.95. The molecule has 0 radical (unpaired) electrons. The highest BCUT2D eigenvalue weighted by Crippen LogP contribution is 2.10. The predicted octanol–water partition coefficient (Wildman–Crippen LogP) is 1.20. The lowest BCUT2D eigenvalue weighted by atomic mass is 10.3. The first-order valence-electron chi connectivity index (χ1n) is 5.71. The molecular formula is C13H18N2O2. The van der Waals surface area contributed by atoms with Gasteiger partial charge in [0, 0.05) is 31.4 Å². The molecule has 1 heterocycles. The Kier molecular flexibility index (Phi) is 6.80. The molecule has 0 aliphatic carbocycles. The smallest absolute Gasteiger partial charge is 0.138 e. The zero-order valence-electron chi connectivity index (χ0n) is 10.1. The Hall–Kier alpha value is -1.57. The van der Waals surface area contributed by atoms with E-state index in [-0.39, 0.29) is 0 Å². The molecule has 0 unspecified atom stereocenters. The van der Waals surface area contributed by atoms with Gasteiger partial charge in [0.2, 0.25) is 0 Å². The number of hydrogen-bond donors (Lipinski definition) is 1. The van der Waals surface area contributed by atoms with Crippen LogP contribution in [0, 0.1) is 11.8 Å². The Balaban J connectivity index is 2.38. The molecule has 0 saturated heterocycles. The summed E-state index contributed by atoms with van der Waals surface area (Å²) in [7, 11) is 0. The van der Waals surface area contributed by atoms with Crippen LogP contribution in [-0.4, -0.2) is 31.3 Å². The van der Waals surface area contributed by atoms with Crippen LogP contribution in [0.2, 0.25) is 0 Å². The van der Waals surface area contributed by atoms with Crippen molar-refractivity contribution in [2.45, 2.75) is 13.3 Å². The van der Waals surface area contributed by atoms with E-state index in [9.17, 15) is 0 Å². The van der Waals surface area contributed by atoms with Gasteiger partial charge in [-0.1, -0.05) is 11.8 Å². The summed E-state index contributed by atoms with van der Waals surface area (Å²) in [5.74, 6) is 6.42. The molecule has 4 heteroatoms. The van der Waals surface area contributed by atoms with E-state index >= 15 is 0 Å². The molecule has 1 aromatic heterocycles. The van der Waals surface area contributed by atoms with Crippen molar-refractivity contribution >= 4 is 0 Å². The maximum atomic E-state index is 5.53. The average Bonchev–Trinajstić information content (AvgIpc) is 2.37. The van der Waals surface area contributed by atoms with E-state index in [0.29, 0.717) is 13.2 Å². The van der Waals surface area contributed by atoms with Crippen LogP contribution < -0.4 is 10.5 Å². The Bertz CT molecular complexity index is 382. The highest BCUT2D eigenvalue weighted by Gasteiger charge is 1.96. The monoisotopic (exact) mass is 234 g/mol. The fourth-order valence-corrected chi connectivity index (χ4v) is 1.21. The topological polar surface area (TPSA) is 57.4 Å². The molecule has 1 aromatic rings. The third kappa shape index (κ3) is 5.91. The normalized spacial score (nSPS) is 9.53. The second kappa shape index (κ2) is 8.57. The van der Waals surface area contributed by atoms with Gasteiger partial charge in [0.1, 0.15) is 5.75 Å². The van der Waals surface area contributed by atoms with Gasteiger partial charge in [-0.05, 0) is 13.0 Å². The Morgan fingerprint density at radius 3 is 3.00 bits per heavy atom. The number of aromatic nitrogens is 1. The van der Waals surface area contributed by atoms with Crippen molar-refractivity contribution in [1.29, 1.82) is 0 Å². The molecule has 0 spiro atoms. The van der Waals surface area contributed by atoms with Crippen molar-refractivity contribution in [3.8, 4) is 17.6 Å². The third-order valence-electron chi connectivity index (χ3n) is 1.95. The number of nitrogens with two attached hydrogens (primary N) is 1. The van der Waals surface area contributed by atoms with Gasteiger partial charge in [-0.3, -0.25) is 4.98 Å². The molecule has 0 aliphatic heterocycles. The molecule has 0 fully saturated rings. The number of ether oxygens (including phenoxy) is 2. The minimum Gasteiger partial charge on any atom is -0.492 e. The van der Waals surface area contributed by atoms with E-state index in [1.807, 2.05) is 13.0 Å². The first kappa shape index (κ1) is 13.5. The summed E-state index contributed by atoms with van der Waals surface area (Å²) < 4.78 is 10.7. The van der Waals surface area contributed by atoms with E-state index < -0.39 is 0 Å². The van der Waals surface area contributed by atoms with Crippen molar-refractivity contribution in [2.24, 2.45) is 5.73 Å². The van der Waals surface area contributed by atoms with Crippen LogP contribution >= 0.6 is 0 Å². The molecule has 0 atom stereocenters. The van der Waals surface area contributed by atoms with Crippen LogP contribution in [0.4, 0.5) is 0 Å². The highest BCUT2D eigenvalue weighted by atomic mass is 16.5. The molecule has 0 bridgehead atoms. The Morgan fingerprint density at radius 2 is 2.24 bits per heavy atom. The van der Waals surface area contributed by atoms with E-state index in [1.165, 1.54) is 0 Å². The first-order chi connectivity index (χ1) is 8.36. The zero-order chi connectivity index (χ0) is 12.3. The van der Waals surface area contributed by atoms with Gasteiger partial charge in [-0.15, -0.1) is 0 Å². The second-order valence-corrected chi connectivity index (χ2v) is 3.31. The summed E-state index contributed by atoms with van der Waals surface area (Å²) in [6.45, 7) is 4.40. The number of nitrogens with zero attached hydrogens (tertiary/aromatic N) is 1. The van der Waals surface area contributed by atoms with Gasteiger partial charge in [0.25, 0.3) is 0 Å². The SMILES string of the molecule is CCOCCCOc1cncc(C#CCN)c1. The van der Waals surface area contributed by atoms with Crippen molar-refractivity contribution in [1.82, 2.24) is 4.98 Å². The fraction of sp³-hybridized carbons (Fsp3) is 0.462. The van der Waals surface area contributed by atoms with Crippen molar-refractivity contribution in [2.75, 3.05) is 26.4 Å². The molecule has 92 valence electrons. The van der Waals surface area contributed by atoms with Crippen LogP contribution in [0.1, 0.15) is 18.9 Å². The fourth-order valence-electron chi connectivity index (χ4n) is 1.21.